The van der Waals surface area contributed by atoms with Crippen molar-refractivity contribution in [2.24, 2.45) is 0 Å². The van der Waals surface area contributed by atoms with Gasteiger partial charge in [0.05, 0.1) is 24.9 Å². The third-order valence-corrected chi connectivity index (χ3v) is 4.07. The third-order valence-electron chi connectivity index (χ3n) is 4.07. The van der Waals surface area contributed by atoms with Gasteiger partial charge in [0.2, 0.25) is 0 Å². The van der Waals surface area contributed by atoms with Crippen molar-refractivity contribution in [3.8, 4) is 5.75 Å². The highest BCUT2D eigenvalue weighted by Gasteiger charge is 2.27. The molecule has 1 aliphatic heterocycles. The molecule has 0 N–H and O–H groups in total. The molecule has 0 radical (unpaired) electrons. The van der Waals surface area contributed by atoms with Crippen LogP contribution in [0.25, 0.3) is 0 Å². The van der Waals surface area contributed by atoms with Gasteiger partial charge in [-0.2, -0.15) is 0 Å². The maximum Gasteiger partial charge on any atom is 0.260 e. The van der Waals surface area contributed by atoms with Crippen LogP contribution < -0.4 is 4.74 Å². The van der Waals surface area contributed by atoms with Crippen LogP contribution in [0, 0.1) is 5.82 Å². The number of carbonyl (C=O) groups is 1. The molecule has 0 bridgehead atoms. The second-order valence-corrected chi connectivity index (χ2v) is 5.79. The van der Waals surface area contributed by atoms with Crippen molar-refractivity contribution in [3.05, 3.63) is 54.4 Å². The average molecular weight is 345 g/mol. The van der Waals surface area contributed by atoms with Crippen molar-refractivity contribution >= 4 is 5.91 Å². The van der Waals surface area contributed by atoms with Crippen LogP contribution in [0.3, 0.4) is 0 Å². The molecule has 6 nitrogen and oxygen atoms in total. The van der Waals surface area contributed by atoms with Crippen molar-refractivity contribution in [2.45, 2.75) is 18.9 Å². The van der Waals surface area contributed by atoms with Gasteiger partial charge in [-0.15, -0.1) is 0 Å². The lowest BCUT2D eigenvalue weighted by Gasteiger charge is -2.35. The summed E-state index contributed by atoms with van der Waals surface area (Å²) in [5.74, 6) is 0.0341. The van der Waals surface area contributed by atoms with Gasteiger partial charge in [-0.25, -0.2) is 4.39 Å². The van der Waals surface area contributed by atoms with Crippen LogP contribution in [0.5, 0.6) is 5.75 Å². The first kappa shape index (κ1) is 17.3. The van der Waals surface area contributed by atoms with E-state index < -0.39 is 0 Å². The molecule has 1 fully saturated rings. The number of aromatic nitrogens is 2. The van der Waals surface area contributed by atoms with E-state index in [-0.39, 0.29) is 24.4 Å². The maximum absolute atomic E-state index is 12.9. The number of halogens is 1. The molecule has 1 aromatic heterocycles. The zero-order valence-corrected chi connectivity index (χ0v) is 13.8. The molecule has 1 aromatic carbocycles. The van der Waals surface area contributed by atoms with Crippen molar-refractivity contribution in [3.63, 3.8) is 0 Å². The summed E-state index contributed by atoms with van der Waals surface area (Å²) in [4.78, 5) is 22.6. The van der Waals surface area contributed by atoms with E-state index in [9.17, 15) is 9.18 Å². The average Bonchev–Trinajstić information content (AvgIpc) is 2.67. The van der Waals surface area contributed by atoms with E-state index in [1.54, 1.807) is 23.5 Å². The second-order valence-electron chi connectivity index (χ2n) is 5.79. The van der Waals surface area contributed by atoms with Crippen molar-refractivity contribution in [2.75, 3.05) is 26.4 Å². The number of nitrogens with zero attached hydrogens (tertiary/aromatic N) is 3. The van der Waals surface area contributed by atoms with Gasteiger partial charge in [0.15, 0.2) is 6.61 Å². The van der Waals surface area contributed by atoms with Gasteiger partial charge in [-0.05, 0) is 37.1 Å². The Morgan fingerprint density at radius 1 is 1.32 bits per heavy atom. The number of benzene rings is 1. The van der Waals surface area contributed by atoms with Gasteiger partial charge in [-0.1, -0.05) is 0 Å². The van der Waals surface area contributed by atoms with Gasteiger partial charge >= 0.3 is 0 Å². The molecule has 1 saturated heterocycles. The molecule has 1 unspecified atom stereocenters. The first-order chi connectivity index (χ1) is 12.2. The quantitative estimate of drug-likeness (QED) is 0.799. The van der Waals surface area contributed by atoms with E-state index in [0.29, 0.717) is 25.5 Å². The summed E-state index contributed by atoms with van der Waals surface area (Å²) in [6.45, 7) is 1.48. The van der Waals surface area contributed by atoms with Crippen LogP contribution >= 0.6 is 0 Å². The number of amides is 1. The Bertz CT molecular complexity index is 682. The molecule has 132 valence electrons. The molecule has 3 rings (SSSR count). The summed E-state index contributed by atoms with van der Waals surface area (Å²) >= 11 is 0. The summed E-state index contributed by atoms with van der Waals surface area (Å²) in [7, 11) is 0. The predicted octanol–water partition coefficient (Wildman–Crippen LogP) is 1.85. The molecule has 1 aliphatic rings. The van der Waals surface area contributed by atoms with E-state index >= 15 is 0 Å². The van der Waals surface area contributed by atoms with Crippen molar-refractivity contribution in [1.29, 1.82) is 0 Å². The first-order valence-electron chi connectivity index (χ1n) is 8.23. The minimum atomic E-state index is -0.337. The smallest absolute Gasteiger partial charge is 0.260 e. The molecule has 2 aromatic rings. The summed E-state index contributed by atoms with van der Waals surface area (Å²) in [6.07, 6.45) is 6.50. The van der Waals surface area contributed by atoms with E-state index in [1.807, 2.05) is 0 Å². The SMILES string of the molecule is O=C(COc1ccc(F)cc1)N1CCOCC1CCc1cnccn1. The Morgan fingerprint density at radius 3 is 2.92 bits per heavy atom. The molecule has 25 heavy (non-hydrogen) atoms. The van der Waals surface area contributed by atoms with Gasteiger partial charge in [0, 0.05) is 25.1 Å². The number of hydrogen-bond acceptors (Lipinski definition) is 5. The van der Waals surface area contributed by atoms with Crippen molar-refractivity contribution in [1.82, 2.24) is 14.9 Å². The zero-order chi connectivity index (χ0) is 17.5. The monoisotopic (exact) mass is 345 g/mol. The highest BCUT2D eigenvalue weighted by atomic mass is 19.1. The van der Waals surface area contributed by atoms with E-state index in [2.05, 4.69) is 9.97 Å². The number of hydrogen-bond donors (Lipinski definition) is 0. The molecule has 1 amide bonds. The number of morpholine rings is 1. The fraction of sp³-hybridized carbons (Fsp3) is 0.389. The Hall–Kier alpha value is -2.54. The maximum atomic E-state index is 12.9. The van der Waals surface area contributed by atoms with Crippen LogP contribution in [-0.4, -0.2) is 53.2 Å². The molecule has 7 heteroatoms. The Morgan fingerprint density at radius 2 is 2.16 bits per heavy atom. The van der Waals surface area contributed by atoms with Crippen LogP contribution in [0.4, 0.5) is 4.39 Å². The molecule has 1 atom stereocenters. The van der Waals surface area contributed by atoms with Crippen LogP contribution in [0.1, 0.15) is 12.1 Å². The van der Waals surface area contributed by atoms with E-state index in [1.165, 1.54) is 24.3 Å². The summed E-state index contributed by atoms with van der Waals surface area (Å²) in [5, 5.41) is 0. The minimum absolute atomic E-state index is 0.0138. The highest BCUT2D eigenvalue weighted by molar-refractivity contribution is 5.78. The Balaban J connectivity index is 1.54. The van der Waals surface area contributed by atoms with Gasteiger partial charge in [-0.3, -0.25) is 14.8 Å². The Kier molecular flexibility index (Phi) is 5.90. The van der Waals surface area contributed by atoms with Crippen LogP contribution in [-0.2, 0) is 16.0 Å². The van der Waals surface area contributed by atoms with Crippen LogP contribution in [0.15, 0.2) is 42.9 Å². The molecular formula is C18H20FN3O3. The number of carbonyl (C=O) groups excluding carboxylic acids is 1. The molecule has 2 heterocycles. The zero-order valence-electron chi connectivity index (χ0n) is 13.8. The van der Waals surface area contributed by atoms with Gasteiger partial charge in [0.25, 0.3) is 5.91 Å². The minimum Gasteiger partial charge on any atom is -0.484 e. The number of ether oxygens (including phenoxy) is 2. The number of aryl methyl sites for hydroxylation is 1. The Labute approximate surface area is 145 Å². The second kappa shape index (κ2) is 8.53. The fourth-order valence-electron chi connectivity index (χ4n) is 2.75. The van der Waals surface area contributed by atoms with Crippen molar-refractivity contribution < 1.29 is 18.7 Å². The summed E-state index contributed by atoms with van der Waals surface area (Å²) < 4.78 is 23.9. The highest BCUT2D eigenvalue weighted by Crippen LogP contribution is 2.15. The predicted molar refractivity (Wildman–Crippen MR) is 88.6 cm³/mol. The van der Waals surface area contributed by atoms with E-state index in [0.717, 1.165) is 18.5 Å². The lowest BCUT2D eigenvalue weighted by molar-refractivity contribution is -0.142. The molecule has 0 saturated carbocycles. The lowest BCUT2D eigenvalue weighted by atomic mass is 10.1. The molecular weight excluding hydrogens is 325 g/mol. The third kappa shape index (κ3) is 4.96. The number of rotatable bonds is 6. The van der Waals surface area contributed by atoms with Gasteiger partial charge < -0.3 is 14.4 Å². The summed E-state index contributed by atoms with van der Waals surface area (Å²) in [6, 6.07) is 5.61. The first-order valence-corrected chi connectivity index (χ1v) is 8.23. The van der Waals surface area contributed by atoms with Gasteiger partial charge in [0.1, 0.15) is 11.6 Å². The van der Waals surface area contributed by atoms with E-state index in [4.69, 9.17) is 9.47 Å². The van der Waals surface area contributed by atoms with Crippen LogP contribution in [0.2, 0.25) is 0 Å². The molecule has 0 spiro atoms. The lowest BCUT2D eigenvalue weighted by Crippen LogP contribution is -2.50. The fourth-order valence-corrected chi connectivity index (χ4v) is 2.75. The largest absolute Gasteiger partial charge is 0.484 e. The standard InChI is InChI=1S/C18H20FN3O3/c19-14-1-5-17(6-2-14)25-13-18(23)22-9-10-24-12-16(22)4-3-15-11-20-7-8-21-15/h1-2,5-8,11,16H,3-4,9-10,12-13H2. The normalized spacial score (nSPS) is 17.3. The summed E-state index contributed by atoms with van der Waals surface area (Å²) in [5.41, 5.74) is 0.892. The molecule has 0 aliphatic carbocycles. The topological polar surface area (TPSA) is 64.5 Å².